The van der Waals surface area contributed by atoms with E-state index in [4.69, 9.17) is 5.26 Å². The molecule has 0 spiro atoms. The number of aromatic nitrogens is 3. The summed E-state index contributed by atoms with van der Waals surface area (Å²) in [4.78, 5) is 4.38. The van der Waals surface area contributed by atoms with Crippen LogP contribution in [-0.2, 0) is 0 Å². The Morgan fingerprint density at radius 1 is 1.04 bits per heavy atom. The Kier molecular flexibility index (Phi) is 4.11. The zero-order chi connectivity index (χ0) is 16.1. The third-order valence-electron chi connectivity index (χ3n) is 3.21. The highest BCUT2D eigenvalue weighted by Gasteiger charge is 2.04. The van der Waals surface area contributed by atoms with Crippen molar-refractivity contribution in [1.29, 1.82) is 5.26 Å². The molecule has 3 rings (SSSR count). The van der Waals surface area contributed by atoms with Crippen molar-refractivity contribution in [2.24, 2.45) is 0 Å². The first kappa shape index (κ1) is 14.5. The van der Waals surface area contributed by atoms with E-state index in [-0.39, 0.29) is 0 Å². The van der Waals surface area contributed by atoms with E-state index in [0.717, 1.165) is 16.9 Å². The summed E-state index contributed by atoms with van der Waals surface area (Å²) in [5, 5.41) is 23.1. The molecule has 0 aliphatic heterocycles. The molecule has 1 heterocycles. The van der Waals surface area contributed by atoms with Crippen LogP contribution in [0.15, 0.2) is 54.7 Å². The van der Waals surface area contributed by atoms with Crippen LogP contribution in [0, 0.1) is 18.3 Å². The molecule has 0 saturated heterocycles. The van der Waals surface area contributed by atoms with Gasteiger partial charge in [-0.3, -0.25) is 0 Å². The number of nitriles is 1. The average molecular weight is 302 g/mol. The molecular formula is C17H14N6. The fourth-order valence-electron chi connectivity index (χ4n) is 2.06. The lowest BCUT2D eigenvalue weighted by Gasteiger charge is -2.09. The second-order valence-electron chi connectivity index (χ2n) is 4.92. The van der Waals surface area contributed by atoms with Crippen LogP contribution < -0.4 is 10.6 Å². The van der Waals surface area contributed by atoms with Gasteiger partial charge in [-0.1, -0.05) is 24.3 Å². The second-order valence-corrected chi connectivity index (χ2v) is 4.92. The molecule has 6 heteroatoms. The van der Waals surface area contributed by atoms with Gasteiger partial charge in [0, 0.05) is 11.4 Å². The lowest BCUT2D eigenvalue weighted by molar-refractivity contribution is 0.982. The quantitative estimate of drug-likeness (QED) is 0.766. The van der Waals surface area contributed by atoms with E-state index in [1.54, 1.807) is 24.4 Å². The van der Waals surface area contributed by atoms with Crippen LogP contribution in [-0.4, -0.2) is 15.2 Å². The van der Waals surface area contributed by atoms with Gasteiger partial charge in [-0.05, 0) is 36.8 Å². The highest BCUT2D eigenvalue weighted by molar-refractivity contribution is 5.61. The lowest BCUT2D eigenvalue weighted by atomic mass is 10.2. The molecule has 2 aromatic carbocycles. The maximum atomic E-state index is 8.93. The van der Waals surface area contributed by atoms with Gasteiger partial charge in [-0.2, -0.15) is 15.3 Å². The highest BCUT2D eigenvalue weighted by atomic mass is 15.3. The number of para-hydroxylation sites is 1. The minimum absolute atomic E-state index is 0.360. The largest absolute Gasteiger partial charge is 0.339 e. The van der Waals surface area contributed by atoms with Gasteiger partial charge in [0.2, 0.25) is 5.95 Å². The number of hydrogen-bond donors (Lipinski definition) is 2. The molecule has 0 aliphatic rings. The van der Waals surface area contributed by atoms with Gasteiger partial charge in [-0.25, -0.2) is 0 Å². The molecular weight excluding hydrogens is 288 g/mol. The van der Waals surface area contributed by atoms with E-state index in [1.807, 2.05) is 37.3 Å². The molecule has 0 atom stereocenters. The Morgan fingerprint density at radius 3 is 2.74 bits per heavy atom. The van der Waals surface area contributed by atoms with Crippen molar-refractivity contribution in [2.45, 2.75) is 6.92 Å². The number of hydrogen-bond acceptors (Lipinski definition) is 6. The zero-order valence-electron chi connectivity index (χ0n) is 12.5. The molecule has 3 aromatic rings. The predicted molar refractivity (Wildman–Crippen MR) is 88.7 cm³/mol. The van der Waals surface area contributed by atoms with E-state index in [1.165, 1.54) is 0 Å². The molecule has 0 unspecified atom stereocenters. The number of nitrogens with one attached hydrogen (secondary N) is 2. The lowest BCUT2D eigenvalue weighted by Crippen LogP contribution is -2.03. The summed E-state index contributed by atoms with van der Waals surface area (Å²) in [7, 11) is 0. The Balaban J connectivity index is 1.80. The smallest absolute Gasteiger partial charge is 0.249 e. The van der Waals surface area contributed by atoms with Gasteiger partial charge >= 0.3 is 0 Å². The second kappa shape index (κ2) is 6.54. The summed E-state index contributed by atoms with van der Waals surface area (Å²) in [6.07, 6.45) is 1.56. The third-order valence-corrected chi connectivity index (χ3v) is 3.21. The molecule has 2 N–H and O–H groups in total. The zero-order valence-corrected chi connectivity index (χ0v) is 12.5. The van der Waals surface area contributed by atoms with Gasteiger partial charge in [0.05, 0.1) is 17.8 Å². The first-order valence-corrected chi connectivity index (χ1v) is 7.04. The topological polar surface area (TPSA) is 86.5 Å². The van der Waals surface area contributed by atoms with Crippen molar-refractivity contribution in [3.63, 3.8) is 0 Å². The van der Waals surface area contributed by atoms with Crippen LogP contribution in [0.2, 0.25) is 0 Å². The van der Waals surface area contributed by atoms with E-state index >= 15 is 0 Å². The van der Waals surface area contributed by atoms with Gasteiger partial charge < -0.3 is 10.6 Å². The third kappa shape index (κ3) is 3.60. The number of rotatable bonds is 4. The van der Waals surface area contributed by atoms with E-state index in [2.05, 4.69) is 31.9 Å². The summed E-state index contributed by atoms with van der Waals surface area (Å²) in [5.74, 6) is 0.951. The summed E-state index contributed by atoms with van der Waals surface area (Å²) in [6.45, 7) is 2.02. The molecule has 112 valence electrons. The fraction of sp³-hybridized carbons (Fsp3) is 0.0588. The van der Waals surface area contributed by atoms with E-state index in [9.17, 15) is 0 Å². The van der Waals surface area contributed by atoms with Crippen molar-refractivity contribution >= 4 is 23.1 Å². The van der Waals surface area contributed by atoms with Crippen LogP contribution in [0.25, 0.3) is 0 Å². The summed E-state index contributed by atoms with van der Waals surface area (Å²) < 4.78 is 0. The van der Waals surface area contributed by atoms with Crippen molar-refractivity contribution in [3.05, 3.63) is 65.9 Å². The normalized spacial score (nSPS) is 9.91. The van der Waals surface area contributed by atoms with Gasteiger partial charge in [0.1, 0.15) is 0 Å². The molecule has 0 radical (unpaired) electrons. The van der Waals surface area contributed by atoms with Gasteiger partial charge in [0.25, 0.3) is 0 Å². The highest BCUT2D eigenvalue weighted by Crippen LogP contribution is 2.19. The standard InChI is InChI=1S/C17H14N6/c1-12-5-2-3-8-15(12)21-16-11-19-23-17(22-16)20-14-7-4-6-13(9-14)10-18/h2-9,11H,1H3,(H2,20,21,22,23). The van der Waals surface area contributed by atoms with Crippen LogP contribution in [0.5, 0.6) is 0 Å². The molecule has 0 saturated carbocycles. The summed E-state index contributed by atoms with van der Waals surface area (Å²) in [5.41, 5.74) is 3.38. The van der Waals surface area contributed by atoms with Crippen LogP contribution in [0.1, 0.15) is 11.1 Å². The maximum absolute atomic E-state index is 8.93. The summed E-state index contributed by atoms with van der Waals surface area (Å²) >= 11 is 0. The van der Waals surface area contributed by atoms with Gasteiger partial charge in [0.15, 0.2) is 5.82 Å². The monoisotopic (exact) mass is 302 g/mol. The SMILES string of the molecule is Cc1ccccc1Nc1cnnc(Nc2cccc(C#N)c2)n1. The van der Waals surface area contributed by atoms with Crippen LogP contribution >= 0.6 is 0 Å². The van der Waals surface area contributed by atoms with Crippen molar-refractivity contribution in [1.82, 2.24) is 15.2 Å². The van der Waals surface area contributed by atoms with Crippen molar-refractivity contribution in [2.75, 3.05) is 10.6 Å². The van der Waals surface area contributed by atoms with Crippen LogP contribution in [0.4, 0.5) is 23.1 Å². The average Bonchev–Trinajstić information content (AvgIpc) is 2.57. The number of benzene rings is 2. The molecule has 0 aliphatic carbocycles. The van der Waals surface area contributed by atoms with Crippen LogP contribution in [0.3, 0.4) is 0 Å². The van der Waals surface area contributed by atoms with E-state index in [0.29, 0.717) is 17.3 Å². The Bertz CT molecular complexity index is 869. The first-order valence-electron chi connectivity index (χ1n) is 7.04. The van der Waals surface area contributed by atoms with Crippen molar-refractivity contribution in [3.8, 4) is 6.07 Å². The predicted octanol–water partition coefficient (Wildman–Crippen LogP) is 3.54. The Labute approximate surface area is 133 Å². The maximum Gasteiger partial charge on any atom is 0.249 e. The number of anilines is 4. The minimum atomic E-state index is 0.360. The molecule has 0 fully saturated rings. The number of aryl methyl sites for hydroxylation is 1. The molecule has 0 bridgehead atoms. The molecule has 23 heavy (non-hydrogen) atoms. The molecule has 0 amide bonds. The Morgan fingerprint density at radius 2 is 1.91 bits per heavy atom. The molecule has 1 aromatic heterocycles. The fourth-order valence-corrected chi connectivity index (χ4v) is 2.06. The van der Waals surface area contributed by atoms with Crippen molar-refractivity contribution < 1.29 is 0 Å². The summed E-state index contributed by atoms with van der Waals surface area (Å²) in [6, 6.07) is 17.1. The van der Waals surface area contributed by atoms with E-state index < -0.39 is 0 Å². The Hall–Kier alpha value is -3.46. The minimum Gasteiger partial charge on any atom is -0.339 e. The van der Waals surface area contributed by atoms with Gasteiger partial charge in [-0.15, -0.1) is 5.10 Å². The first-order chi connectivity index (χ1) is 11.2. The number of nitrogens with zero attached hydrogens (tertiary/aromatic N) is 4. The molecule has 6 nitrogen and oxygen atoms in total.